The number of esters is 1. The highest BCUT2D eigenvalue weighted by atomic mass is 16.7. The van der Waals surface area contributed by atoms with Crippen LogP contribution >= 0.6 is 0 Å². The van der Waals surface area contributed by atoms with Gasteiger partial charge in [0, 0.05) is 37.5 Å². The number of amides is 2. The van der Waals surface area contributed by atoms with Crippen molar-refractivity contribution in [3.8, 4) is 11.1 Å². The van der Waals surface area contributed by atoms with Gasteiger partial charge in [0.15, 0.2) is 6.29 Å². The van der Waals surface area contributed by atoms with Gasteiger partial charge in [-0.25, -0.2) is 9.59 Å². The van der Waals surface area contributed by atoms with E-state index in [0.29, 0.717) is 19.4 Å². The summed E-state index contributed by atoms with van der Waals surface area (Å²) in [5, 5.41) is 17.8. The van der Waals surface area contributed by atoms with Crippen molar-refractivity contribution >= 4 is 22.8 Å². The summed E-state index contributed by atoms with van der Waals surface area (Å²) in [4.78, 5) is 27.9. The molecule has 9 nitrogen and oxygen atoms in total. The van der Waals surface area contributed by atoms with Gasteiger partial charge in [0.25, 0.3) is 0 Å². The number of methoxy groups -OCH3 is 1. The second kappa shape index (κ2) is 19.1. The Morgan fingerprint density at radius 3 is 2.22 bits per heavy atom. The van der Waals surface area contributed by atoms with Crippen LogP contribution < -0.4 is 10.6 Å². The number of likely N-dealkylation sites (N-methyl/N-ethyl adjacent to an activating group) is 1. The van der Waals surface area contributed by atoms with Crippen LogP contribution in [0.2, 0.25) is 0 Å². The van der Waals surface area contributed by atoms with Crippen molar-refractivity contribution in [1.82, 2.24) is 15.5 Å². The van der Waals surface area contributed by atoms with Gasteiger partial charge in [-0.05, 0) is 69.8 Å². The van der Waals surface area contributed by atoms with Crippen LogP contribution in [-0.2, 0) is 38.6 Å². The normalized spacial score (nSPS) is 17.7. The van der Waals surface area contributed by atoms with Gasteiger partial charge >= 0.3 is 12.0 Å². The van der Waals surface area contributed by atoms with Crippen LogP contribution in [-0.4, -0.2) is 54.9 Å². The predicted octanol–water partition coefficient (Wildman–Crippen LogP) is 8.82. The van der Waals surface area contributed by atoms with Crippen molar-refractivity contribution in [3.05, 3.63) is 179 Å². The largest absolute Gasteiger partial charge is 0.467 e. The van der Waals surface area contributed by atoms with E-state index in [9.17, 15) is 14.7 Å². The molecule has 9 heteroatoms. The maximum absolute atomic E-state index is 13.0. The molecule has 298 valence electrons. The number of rotatable bonds is 14. The smallest absolute Gasteiger partial charge is 0.328 e. The number of hydrogen-bond acceptors (Lipinski definition) is 7. The topological polar surface area (TPSA) is 109 Å². The fraction of sp³-hybridized carbons (Fsp3) is 0.265. The van der Waals surface area contributed by atoms with Crippen LogP contribution in [0, 0.1) is 0 Å². The van der Waals surface area contributed by atoms with E-state index in [1.807, 2.05) is 91.0 Å². The minimum Gasteiger partial charge on any atom is -0.467 e. The van der Waals surface area contributed by atoms with Crippen LogP contribution in [0.4, 0.5) is 4.79 Å². The van der Waals surface area contributed by atoms with E-state index in [4.69, 9.17) is 14.2 Å². The summed E-state index contributed by atoms with van der Waals surface area (Å²) in [6, 6.07) is 47.5. The fourth-order valence-corrected chi connectivity index (χ4v) is 7.58. The lowest BCUT2D eigenvalue weighted by Crippen LogP contribution is -2.47. The predicted molar refractivity (Wildman–Crippen MR) is 227 cm³/mol. The van der Waals surface area contributed by atoms with Gasteiger partial charge in [0.2, 0.25) is 0 Å². The lowest BCUT2D eigenvalue weighted by molar-refractivity contribution is -0.253. The zero-order chi connectivity index (χ0) is 40.4. The molecule has 0 spiro atoms. The minimum atomic E-state index is -0.827. The zero-order valence-corrected chi connectivity index (χ0v) is 33.2. The fourth-order valence-electron chi connectivity index (χ4n) is 7.58. The van der Waals surface area contributed by atoms with Crippen LogP contribution in [0.1, 0.15) is 65.2 Å². The summed E-state index contributed by atoms with van der Waals surface area (Å²) < 4.78 is 18.4. The van der Waals surface area contributed by atoms with Crippen LogP contribution in [0.15, 0.2) is 146 Å². The highest BCUT2D eigenvalue weighted by molar-refractivity contribution is 5.84. The van der Waals surface area contributed by atoms with E-state index < -0.39 is 24.3 Å². The van der Waals surface area contributed by atoms with E-state index in [-0.39, 0.29) is 31.4 Å². The van der Waals surface area contributed by atoms with E-state index >= 15 is 0 Å². The molecule has 6 aromatic carbocycles. The summed E-state index contributed by atoms with van der Waals surface area (Å²) in [5.41, 5.74) is 7.83. The highest BCUT2D eigenvalue weighted by Crippen LogP contribution is 2.39. The molecule has 1 saturated heterocycles. The number of ether oxygens (including phenoxy) is 3. The molecule has 0 bridgehead atoms. The van der Waals surface area contributed by atoms with Gasteiger partial charge < -0.3 is 30.0 Å². The number of benzene rings is 6. The van der Waals surface area contributed by atoms with Gasteiger partial charge in [-0.2, -0.15) is 0 Å². The number of nitrogens with zero attached hydrogens (tertiary/aromatic N) is 1. The van der Waals surface area contributed by atoms with Gasteiger partial charge in [0.1, 0.15) is 6.04 Å². The third-order valence-electron chi connectivity index (χ3n) is 11.0. The molecule has 1 aliphatic rings. The molecule has 1 heterocycles. The first-order valence-electron chi connectivity index (χ1n) is 19.8. The Hall–Kier alpha value is -5.84. The number of aliphatic hydroxyl groups excluding tert-OH is 1. The molecule has 5 atom stereocenters. The van der Waals surface area contributed by atoms with Crippen molar-refractivity contribution < 1.29 is 28.9 Å². The first-order chi connectivity index (χ1) is 28.3. The number of urea groups is 1. The molecular weight excluding hydrogens is 727 g/mol. The van der Waals surface area contributed by atoms with Crippen molar-refractivity contribution in [3.63, 3.8) is 0 Å². The molecule has 58 heavy (non-hydrogen) atoms. The van der Waals surface area contributed by atoms with Crippen molar-refractivity contribution in [1.29, 1.82) is 0 Å². The standard InChI is InChI=1S/C49H51N3O6/c1-33(40-26-21-36-13-7-8-14-41(36)28-40)52(2)31-43-29-46(38-19-17-35(32-53)18-20-38)58-48(57-43)39-24-22-37(23-25-39)44-16-10-9-15-42(44)30-50-49(55)51-45(47(54)56-3)27-34-11-5-4-6-12-34/h4-26,28,33,43,45-46,48,53H,27,29-32H2,1-3H3,(H2,50,51,55)/t33-,43+,45+,46-,48-/m1/s1. The number of carbonyl (C=O) groups is 2. The Balaban J connectivity index is 1.05. The number of nitrogens with one attached hydrogen (secondary N) is 2. The van der Waals surface area contributed by atoms with E-state index in [0.717, 1.165) is 38.9 Å². The van der Waals surface area contributed by atoms with E-state index in [1.54, 1.807) is 0 Å². The van der Waals surface area contributed by atoms with Gasteiger partial charge in [-0.1, -0.05) is 140 Å². The SMILES string of the molecule is COC(=O)[C@H](Cc1ccccc1)NC(=O)NCc1ccccc1-c1ccc([C@@H]2O[C@H](CN(C)[C@H](C)c3ccc4ccccc4c3)C[C@H](c3ccc(CO)cc3)O2)cc1. The Labute approximate surface area is 340 Å². The van der Waals surface area contributed by atoms with E-state index in [1.165, 1.54) is 23.4 Å². The molecule has 3 N–H and O–H groups in total. The summed E-state index contributed by atoms with van der Waals surface area (Å²) in [6.07, 6.45) is 0.0847. The quantitative estimate of drug-likeness (QED) is 0.0949. The number of aliphatic hydroxyl groups is 1. The molecule has 2 amide bonds. The molecule has 6 aromatic rings. The second-order valence-corrected chi connectivity index (χ2v) is 14.9. The van der Waals surface area contributed by atoms with Crippen molar-refractivity contribution in [2.24, 2.45) is 0 Å². The Kier molecular flexibility index (Phi) is 13.3. The molecule has 1 fully saturated rings. The maximum Gasteiger partial charge on any atom is 0.328 e. The molecule has 0 aromatic heterocycles. The lowest BCUT2D eigenvalue weighted by atomic mass is 9.97. The Bertz CT molecular complexity index is 2280. The lowest BCUT2D eigenvalue weighted by Gasteiger charge is -2.39. The van der Waals surface area contributed by atoms with Gasteiger partial charge in [-0.15, -0.1) is 0 Å². The van der Waals surface area contributed by atoms with Gasteiger partial charge in [-0.3, -0.25) is 4.90 Å². The first-order valence-corrected chi connectivity index (χ1v) is 19.8. The summed E-state index contributed by atoms with van der Waals surface area (Å²) in [5.74, 6) is -0.509. The van der Waals surface area contributed by atoms with Crippen LogP contribution in [0.5, 0.6) is 0 Å². The Morgan fingerprint density at radius 2 is 1.48 bits per heavy atom. The van der Waals surface area contributed by atoms with E-state index in [2.05, 4.69) is 84.1 Å². The van der Waals surface area contributed by atoms with Crippen LogP contribution in [0.3, 0.4) is 0 Å². The summed E-state index contributed by atoms with van der Waals surface area (Å²) in [6.45, 7) is 3.18. The average molecular weight is 778 g/mol. The third kappa shape index (κ3) is 9.99. The van der Waals surface area contributed by atoms with Crippen molar-refractivity contribution in [2.45, 2.75) is 63.5 Å². The first kappa shape index (κ1) is 40.4. The zero-order valence-electron chi connectivity index (χ0n) is 33.2. The molecule has 0 radical (unpaired) electrons. The summed E-state index contributed by atoms with van der Waals surface area (Å²) in [7, 11) is 3.46. The minimum absolute atomic E-state index is 0.0129. The average Bonchev–Trinajstić information content (AvgIpc) is 3.27. The molecule has 1 aliphatic heterocycles. The maximum atomic E-state index is 13.0. The molecular formula is C49H51N3O6. The highest BCUT2D eigenvalue weighted by Gasteiger charge is 2.33. The number of fused-ring (bicyclic) bond motifs is 1. The number of carbonyl (C=O) groups excluding carboxylic acids is 2. The van der Waals surface area contributed by atoms with Crippen LogP contribution in [0.25, 0.3) is 21.9 Å². The van der Waals surface area contributed by atoms with Gasteiger partial charge in [0.05, 0.1) is 25.9 Å². The number of hydrogen-bond donors (Lipinski definition) is 3. The molecule has 7 rings (SSSR count). The Morgan fingerprint density at radius 1 is 0.793 bits per heavy atom. The molecule has 0 saturated carbocycles. The van der Waals surface area contributed by atoms with Crippen molar-refractivity contribution in [2.75, 3.05) is 20.7 Å². The molecule has 0 aliphatic carbocycles. The monoisotopic (exact) mass is 777 g/mol. The third-order valence-corrected chi connectivity index (χ3v) is 11.0. The molecule has 0 unspecified atom stereocenters. The second-order valence-electron chi connectivity index (χ2n) is 14.9. The summed E-state index contributed by atoms with van der Waals surface area (Å²) >= 11 is 0.